The van der Waals surface area contributed by atoms with Crippen LogP contribution in [0.5, 0.6) is 0 Å². The van der Waals surface area contributed by atoms with Crippen molar-refractivity contribution in [2.45, 2.75) is 6.04 Å². The van der Waals surface area contributed by atoms with Gasteiger partial charge in [0.15, 0.2) is 0 Å². The third kappa shape index (κ3) is 4.94. The second-order valence-electron chi connectivity index (χ2n) is 5.65. The number of hydrogen-bond acceptors (Lipinski definition) is 4. The van der Waals surface area contributed by atoms with Crippen molar-refractivity contribution < 1.29 is 13.6 Å². The van der Waals surface area contributed by atoms with E-state index >= 15 is 0 Å². The average molecular weight is 369 g/mol. The summed E-state index contributed by atoms with van der Waals surface area (Å²) >= 11 is 0. The first kappa shape index (κ1) is 19.2. The molecular weight excluding hydrogens is 350 g/mol. The maximum Gasteiger partial charge on any atom is 0.238 e. The summed E-state index contributed by atoms with van der Waals surface area (Å²) in [6.45, 7) is 2.30. The summed E-state index contributed by atoms with van der Waals surface area (Å²) in [4.78, 5) is 18.4. The monoisotopic (exact) mass is 368 g/mol. The second kappa shape index (κ2) is 8.84. The van der Waals surface area contributed by atoms with Crippen LogP contribution in [-0.4, -0.2) is 42.0 Å². The molecular formula is C17H19ClF2N4O. The maximum absolute atomic E-state index is 13.6. The van der Waals surface area contributed by atoms with Crippen molar-refractivity contribution in [1.29, 1.82) is 0 Å². The lowest BCUT2D eigenvalue weighted by atomic mass is 10.1. The van der Waals surface area contributed by atoms with Crippen molar-refractivity contribution in [3.63, 3.8) is 0 Å². The van der Waals surface area contributed by atoms with E-state index in [1.54, 1.807) is 12.4 Å². The number of amides is 1. The number of hydrogen-bond donors (Lipinski definition) is 2. The van der Waals surface area contributed by atoms with E-state index in [0.717, 1.165) is 24.2 Å². The molecule has 134 valence electrons. The third-order valence-electron chi connectivity index (χ3n) is 3.98. The zero-order valence-electron chi connectivity index (χ0n) is 13.4. The molecule has 1 saturated heterocycles. The van der Waals surface area contributed by atoms with Crippen molar-refractivity contribution in [3.05, 3.63) is 59.9 Å². The van der Waals surface area contributed by atoms with Gasteiger partial charge in [0.05, 0.1) is 12.2 Å². The molecule has 0 bridgehead atoms. The van der Waals surface area contributed by atoms with Gasteiger partial charge in [-0.1, -0.05) is 6.07 Å². The van der Waals surface area contributed by atoms with Crippen LogP contribution >= 0.6 is 12.4 Å². The summed E-state index contributed by atoms with van der Waals surface area (Å²) in [5, 5.41) is 5.80. The lowest BCUT2D eigenvalue weighted by molar-refractivity contribution is -0.118. The van der Waals surface area contributed by atoms with E-state index in [0.29, 0.717) is 13.1 Å². The first-order chi connectivity index (χ1) is 11.6. The zero-order chi connectivity index (χ0) is 16.9. The molecule has 3 rings (SSSR count). The lowest BCUT2D eigenvalue weighted by Crippen LogP contribution is -2.48. The topological polar surface area (TPSA) is 57.3 Å². The number of rotatable bonds is 4. The fourth-order valence-electron chi connectivity index (χ4n) is 2.80. The highest BCUT2D eigenvalue weighted by atomic mass is 35.5. The quantitative estimate of drug-likeness (QED) is 0.870. The summed E-state index contributed by atoms with van der Waals surface area (Å²) in [5.74, 6) is -1.80. The Hall–Kier alpha value is -2.09. The molecule has 1 atom stereocenters. The molecule has 1 aromatic carbocycles. The normalized spacial score (nSPS) is 17.6. The van der Waals surface area contributed by atoms with Gasteiger partial charge in [0.2, 0.25) is 5.91 Å². The summed E-state index contributed by atoms with van der Waals surface area (Å²) in [6, 6.07) is 6.93. The smallest absolute Gasteiger partial charge is 0.238 e. The molecule has 2 N–H and O–H groups in total. The van der Waals surface area contributed by atoms with Crippen LogP contribution in [0.4, 0.5) is 14.5 Å². The van der Waals surface area contributed by atoms with Gasteiger partial charge in [-0.2, -0.15) is 0 Å². The highest BCUT2D eigenvalue weighted by Gasteiger charge is 2.25. The zero-order valence-corrected chi connectivity index (χ0v) is 14.2. The van der Waals surface area contributed by atoms with Gasteiger partial charge >= 0.3 is 0 Å². The summed E-state index contributed by atoms with van der Waals surface area (Å²) in [5.41, 5.74) is 1.000. The first-order valence-electron chi connectivity index (χ1n) is 7.73. The number of nitrogens with one attached hydrogen (secondary N) is 2. The van der Waals surface area contributed by atoms with Crippen LogP contribution < -0.4 is 10.6 Å². The van der Waals surface area contributed by atoms with Crippen LogP contribution in [0, 0.1) is 11.6 Å². The Morgan fingerprint density at radius 3 is 2.92 bits per heavy atom. The Morgan fingerprint density at radius 2 is 2.20 bits per heavy atom. The van der Waals surface area contributed by atoms with Gasteiger partial charge in [-0.25, -0.2) is 8.78 Å². The molecule has 5 nitrogen and oxygen atoms in total. The van der Waals surface area contributed by atoms with E-state index < -0.39 is 11.6 Å². The van der Waals surface area contributed by atoms with Gasteiger partial charge in [-0.15, -0.1) is 12.4 Å². The number of anilines is 1. The number of nitrogens with zero attached hydrogens (tertiary/aromatic N) is 2. The molecule has 0 aliphatic carbocycles. The molecule has 2 aromatic rings. The maximum atomic E-state index is 13.6. The largest absolute Gasteiger partial charge is 0.322 e. The molecule has 0 radical (unpaired) electrons. The van der Waals surface area contributed by atoms with Crippen LogP contribution in [0.3, 0.4) is 0 Å². The van der Waals surface area contributed by atoms with E-state index in [-0.39, 0.29) is 36.6 Å². The predicted molar refractivity (Wildman–Crippen MR) is 93.7 cm³/mol. The Morgan fingerprint density at radius 1 is 1.36 bits per heavy atom. The second-order valence-corrected chi connectivity index (χ2v) is 5.65. The number of carbonyl (C=O) groups is 1. The van der Waals surface area contributed by atoms with E-state index in [1.165, 1.54) is 6.07 Å². The minimum atomic E-state index is -0.785. The molecule has 0 spiro atoms. The Labute approximate surface area is 150 Å². The van der Waals surface area contributed by atoms with E-state index in [2.05, 4.69) is 15.6 Å². The number of piperazine rings is 1. The molecule has 2 heterocycles. The Kier molecular flexibility index (Phi) is 6.81. The highest BCUT2D eigenvalue weighted by Crippen LogP contribution is 2.21. The van der Waals surface area contributed by atoms with Crippen molar-refractivity contribution >= 4 is 24.0 Å². The third-order valence-corrected chi connectivity index (χ3v) is 3.98. The van der Waals surface area contributed by atoms with Gasteiger partial charge in [0.1, 0.15) is 11.6 Å². The minimum absolute atomic E-state index is 0. The molecule has 25 heavy (non-hydrogen) atoms. The Balaban J connectivity index is 0.00000225. The molecule has 1 amide bonds. The van der Waals surface area contributed by atoms with Crippen molar-refractivity contribution in [2.75, 3.05) is 31.5 Å². The van der Waals surface area contributed by atoms with Crippen LogP contribution in [0.2, 0.25) is 0 Å². The van der Waals surface area contributed by atoms with Crippen molar-refractivity contribution in [2.24, 2.45) is 0 Å². The molecule has 1 aliphatic rings. The summed E-state index contributed by atoms with van der Waals surface area (Å²) in [6.07, 6.45) is 3.48. The van der Waals surface area contributed by atoms with Crippen LogP contribution in [0.1, 0.15) is 11.6 Å². The molecule has 0 saturated carbocycles. The number of benzene rings is 1. The molecule has 1 aromatic heterocycles. The number of halogens is 3. The molecule has 1 unspecified atom stereocenters. The molecule has 1 fully saturated rings. The van der Waals surface area contributed by atoms with Gasteiger partial charge in [-0.3, -0.25) is 14.7 Å². The lowest BCUT2D eigenvalue weighted by Gasteiger charge is -2.35. The molecule has 1 aliphatic heterocycles. The number of pyridine rings is 1. The predicted octanol–water partition coefficient (Wildman–Crippen LogP) is 2.37. The number of carbonyl (C=O) groups excluding carboxylic acids is 1. The SMILES string of the molecule is Cl.O=C(CN1CCNCC1c1cccnc1)Nc1ccc(F)cc1F. The van der Waals surface area contributed by atoms with E-state index in [9.17, 15) is 13.6 Å². The van der Waals surface area contributed by atoms with Crippen molar-refractivity contribution in [1.82, 2.24) is 15.2 Å². The van der Waals surface area contributed by atoms with Crippen LogP contribution in [0.25, 0.3) is 0 Å². The fraction of sp³-hybridized carbons (Fsp3) is 0.294. The molecule has 8 heteroatoms. The van der Waals surface area contributed by atoms with Gasteiger partial charge in [0.25, 0.3) is 0 Å². The fourth-order valence-corrected chi connectivity index (χ4v) is 2.80. The first-order valence-corrected chi connectivity index (χ1v) is 7.73. The standard InChI is InChI=1S/C17H18F2N4O.ClH/c18-13-3-4-15(14(19)8-13)22-17(24)11-23-7-6-21-10-16(23)12-2-1-5-20-9-12;/h1-5,8-9,16,21H,6-7,10-11H2,(H,22,24);1H. The van der Waals surface area contributed by atoms with Gasteiger partial charge in [0, 0.05) is 44.1 Å². The van der Waals surface area contributed by atoms with Gasteiger partial charge < -0.3 is 10.6 Å². The van der Waals surface area contributed by atoms with Crippen LogP contribution in [0.15, 0.2) is 42.7 Å². The Bertz CT molecular complexity index is 717. The number of aromatic nitrogens is 1. The average Bonchev–Trinajstić information content (AvgIpc) is 2.59. The summed E-state index contributed by atoms with van der Waals surface area (Å²) < 4.78 is 26.6. The van der Waals surface area contributed by atoms with Crippen molar-refractivity contribution in [3.8, 4) is 0 Å². The summed E-state index contributed by atoms with van der Waals surface area (Å²) in [7, 11) is 0. The highest BCUT2D eigenvalue weighted by molar-refractivity contribution is 5.92. The van der Waals surface area contributed by atoms with Gasteiger partial charge in [-0.05, 0) is 23.8 Å². The van der Waals surface area contributed by atoms with E-state index in [1.807, 2.05) is 17.0 Å². The van der Waals surface area contributed by atoms with Crippen LogP contribution in [-0.2, 0) is 4.79 Å². The minimum Gasteiger partial charge on any atom is -0.322 e. The van der Waals surface area contributed by atoms with E-state index in [4.69, 9.17) is 0 Å².